The predicted molar refractivity (Wildman–Crippen MR) is 83.5 cm³/mol. The molecule has 2 N–H and O–H groups in total. The smallest absolute Gasteiger partial charge is 0.257 e. The molecule has 0 spiro atoms. The molecule has 1 amide bonds. The van der Waals surface area contributed by atoms with Crippen LogP contribution in [0.4, 0.5) is 14.5 Å². The van der Waals surface area contributed by atoms with Crippen LogP contribution in [0.5, 0.6) is 0 Å². The molecule has 1 aromatic heterocycles. The van der Waals surface area contributed by atoms with Crippen LogP contribution in [0.25, 0.3) is 0 Å². The van der Waals surface area contributed by atoms with Crippen LogP contribution >= 0.6 is 12.4 Å². The van der Waals surface area contributed by atoms with Crippen molar-refractivity contribution in [2.24, 2.45) is 11.8 Å². The number of amides is 1. The van der Waals surface area contributed by atoms with E-state index in [1.165, 1.54) is 12.4 Å². The van der Waals surface area contributed by atoms with E-state index in [1.807, 2.05) is 0 Å². The second-order valence-electron chi connectivity index (χ2n) is 5.68. The molecule has 1 aromatic rings. The summed E-state index contributed by atoms with van der Waals surface area (Å²) in [6, 6.07) is 0. The van der Waals surface area contributed by atoms with Gasteiger partial charge in [-0.05, 0) is 37.8 Å². The van der Waals surface area contributed by atoms with Crippen LogP contribution in [-0.2, 0) is 11.3 Å². The highest BCUT2D eigenvalue weighted by molar-refractivity contribution is 5.90. The van der Waals surface area contributed by atoms with E-state index in [4.69, 9.17) is 0 Å². The van der Waals surface area contributed by atoms with Gasteiger partial charge in [0, 0.05) is 12.6 Å². The highest BCUT2D eigenvalue weighted by Crippen LogP contribution is 2.23. The Balaban J connectivity index is 0.00000242. The molecular formula is C14H23ClF2N4O. The highest BCUT2D eigenvalue weighted by Gasteiger charge is 2.22. The quantitative estimate of drug-likeness (QED) is 0.839. The second-order valence-corrected chi connectivity index (χ2v) is 5.68. The standard InChI is InChI=1S/C14H22F2N4O.ClH/c1-10(11-3-2-4-17-6-11)5-14(21)19-12-7-18-20(8-12)9-13(15)16;/h7-8,10-11,13,17H,2-6,9H2,1H3,(H,19,21);1H. The van der Waals surface area contributed by atoms with Crippen molar-refractivity contribution >= 4 is 24.0 Å². The van der Waals surface area contributed by atoms with E-state index >= 15 is 0 Å². The Morgan fingerprint density at radius 3 is 3.00 bits per heavy atom. The van der Waals surface area contributed by atoms with Crippen molar-refractivity contribution in [3.63, 3.8) is 0 Å². The maximum atomic E-state index is 12.2. The number of halogens is 3. The number of anilines is 1. The first-order chi connectivity index (χ1) is 10.0. The van der Waals surface area contributed by atoms with Crippen molar-refractivity contribution < 1.29 is 13.6 Å². The predicted octanol–water partition coefficient (Wildman–Crippen LogP) is 2.53. The van der Waals surface area contributed by atoms with Gasteiger partial charge in [0.25, 0.3) is 6.43 Å². The average molecular weight is 337 g/mol. The summed E-state index contributed by atoms with van der Waals surface area (Å²) in [7, 11) is 0. The molecule has 0 bridgehead atoms. The Morgan fingerprint density at radius 1 is 1.59 bits per heavy atom. The fourth-order valence-electron chi connectivity index (χ4n) is 2.70. The van der Waals surface area contributed by atoms with Gasteiger partial charge in [-0.1, -0.05) is 6.92 Å². The molecule has 22 heavy (non-hydrogen) atoms. The van der Waals surface area contributed by atoms with E-state index in [0.29, 0.717) is 23.9 Å². The molecule has 1 aliphatic rings. The summed E-state index contributed by atoms with van der Waals surface area (Å²) < 4.78 is 25.6. The lowest BCUT2D eigenvalue weighted by Gasteiger charge is -2.27. The number of hydrogen-bond donors (Lipinski definition) is 2. The Morgan fingerprint density at radius 2 is 2.36 bits per heavy atom. The summed E-state index contributed by atoms with van der Waals surface area (Å²) in [6.45, 7) is 3.64. The van der Waals surface area contributed by atoms with Crippen molar-refractivity contribution in [2.45, 2.75) is 39.2 Å². The largest absolute Gasteiger partial charge is 0.323 e. The molecular weight excluding hydrogens is 314 g/mol. The fraction of sp³-hybridized carbons (Fsp3) is 0.714. The Labute approximate surface area is 135 Å². The molecule has 2 rings (SSSR count). The zero-order valence-corrected chi connectivity index (χ0v) is 13.4. The van der Waals surface area contributed by atoms with Gasteiger partial charge in [-0.2, -0.15) is 5.10 Å². The van der Waals surface area contributed by atoms with E-state index in [1.54, 1.807) is 0 Å². The Hall–Kier alpha value is -1.21. The molecule has 0 saturated carbocycles. The normalized spacial score (nSPS) is 19.5. The third-order valence-electron chi connectivity index (χ3n) is 3.89. The minimum atomic E-state index is -2.45. The van der Waals surface area contributed by atoms with Crippen LogP contribution in [0.2, 0.25) is 0 Å². The Kier molecular flexibility index (Phi) is 7.75. The first-order valence-electron chi connectivity index (χ1n) is 7.35. The van der Waals surface area contributed by atoms with Gasteiger partial charge in [0.2, 0.25) is 5.91 Å². The molecule has 1 aliphatic heterocycles. The Bertz CT molecular complexity index is 463. The number of alkyl halides is 2. The van der Waals surface area contributed by atoms with Crippen molar-refractivity contribution in [2.75, 3.05) is 18.4 Å². The number of nitrogens with zero attached hydrogens (tertiary/aromatic N) is 2. The number of piperidine rings is 1. The van der Waals surface area contributed by atoms with E-state index in [0.717, 1.165) is 30.6 Å². The number of hydrogen-bond acceptors (Lipinski definition) is 3. The third kappa shape index (κ3) is 5.88. The van der Waals surface area contributed by atoms with Crippen molar-refractivity contribution in [1.29, 1.82) is 0 Å². The number of aromatic nitrogens is 2. The molecule has 8 heteroatoms. The first-order valence-corrected chi connectivity index (χ1v) is 7.35. The van der Waals surface area contributed by atoms with E-state index in [9.17, 15) is 13.6 Å². The van der Waals surface area contributed by atoms with E-state index in [2.05, 4.69) is 22.7 Å². The summed E-state index contributed by atoms with van der Waals surface area (Å²) >= 11 is 0. The van der Waals surface area contributed by atoms with Gasteiger partial charge >= 0.3 is 0 Å². The van der Waals surface area contributed by atoms with Crippen molar-refractivity contribution in [1.82, 2.24) is 15.1 Å². The zero-order valence-electron chi connectivity index (χ0n) is 12.6. The second kappa shape index (κ2) is 9.05. The van der Waals surface area contributed by atoms with Crippen molar-refractivity contribution in [3.05, 3.63) is 12.4 Å². The molecule has 5 nitrogen and oxygen atoms in total. The lowest BCUT2D eigenvalue weighted by molar-refractivity contribution is -0.117. The minimum absolute atomic E-state index is 0. The molecule has 2 atom stereocenters. The number of nitrogens with one attached hydrogen (secondary N) is 2. The molecule has 2 heterocycles. The maximum Gasteiger partial charge on any atom is 0.257 e. The van der Waals surface area contributed by atoms with Gasteiger partial charge in [-0.15, -0.1) is 12.4 Å². The number of carbonyl (C=O) groups excluding carboxylic acids is 1. The molecule has 0 aliphatic carbocycles. The third-order valence-corrected chi connectivity index (χ3v) is 3.89. The monoisotopic (exact) mass is 336 g/mol. The molecule has 126 valence electrons. The van der Waals surface area contributed by atoms with E-state index in [-0.39, 0.29) is 18.3 Å². The number of rotatable bonds is 6. The van der Waals surface area contributed by atoms with Gasteiger partial charge in [0.1, 0.15) is 6.54 Å². The molecule has 1 saturated heterocycles. The van der Waals surface area contributed by atoms with Crippen LogP contribution in [0.15, 0.2) is 12.4 Å². The van der Waals surface area contributed by atoms with Crippen LogP contribution in [-0.4, -0.2) is 35.2 Å². The lowest BCUT2D eigenvalue weighted by atomic mass is 9.85. The summed E-state index contributed by atoms with van der Waals surface area (Å²) in [5.41, 5.74) is 0.467. The molecule has 1 fully saturated rings. The average Bonchev–Trinajstić information content (AvgIpc) is 2.85. The lowest BCUT2D eigenvalue weighted by Crippen LogP contribution is -2.34. The summed E-state index contributed by atoms with van der Waals surface area (Å²) in [4.78, 5) is 12.0. The van der Waals surface area contributed by atoms with Gasteiger partial charge in [-0.25, -0.2) is 8.78 Å². The number of carbonyl (C=O) groups is 1. The maximum absolute atomic E-state index is 12.2. The summed E-state index contributed by atoms with van der Waals surface area (Å²) in [5.74, 6) is 0.727. The fourth-order valence-corrected chi connectivity index (χ4v) is 2.70. The van der Waals surface area contributed by atoms with Gasteiger partial charge in [-0.3, -0.25) is 9.48 Å². The van der Waals surface area contributed by atoms with Gasteiger partial charge in [0.15, 0.2) is 0 Å². The molecule has 0 aromatic carbocycles. The zero-order chi connectivity index (χ0) is 15.2. The SMILES string of the molecule is CC(CC(=O)Nc1cnn(CC(F)F)c1)C1CCCNC1.Cl. The van der Waals surface area contributed by atoms with Crippen molar-refractivity contribution in [3.8, 4) is 0 Å². The highest BCUT2D eigenvalue weighted by atomic mass is 35.5. The topological polar surface area (TPSA) is 59.0 Å². The summed E-state index contributed by atoms with van der Waals surface area (Å²) in [6.07, 6.45) is 3.11. The van der Waals surface area contributed by atoms with Gasteiger partial charge in [0.05, 0.1) is 11.9 Å². The van der Waals surface area contributed by atoms with E-state index < -0.39 is 13.0 Å². The minimum Gasteiger partial charge on any atom is -0.323 e. The van der Waals surface area contributed by atoms with Crippen LogP contribution < -0.4 is 10.6 Å². The van der Waals surface area contributed by atoms with Gasteiger partial charge < -0.3 is 10.6 Å². The van der Waals surface area contributed by atoms with Crippen LogP contribution in [0, 0.1) is 11.8 Å². The molecule has 2 unspecified atom stereocenters. The van der Waals surface area contributed by atoms with Crippen LogP contribution in [0.1, 0.15) is 26.2 Å². The van der Waals surface area contributed by atoms with Crippen LogP contribution in [0.3, 0.4) is 0 Å². The molecule has 0 radical (unpaired) electrons. The summed E-state index contributed by atoms with van der Waals surface area (Å²) in [5, 5.41) is 9.85. The first kappa shape index (κ1) is 18.8.